The van der Waals surface area contributed by atoms with Crippen molar-refractivity contribution in [3.05, 3.63) is 35.3 Å². The number of fused-ring (bicyclic) bond motifs is 3. The van der Waals surface area contributed by atoms with Gasteiger partial charge in [-0.2, -0.15) is 0 Å². The van der Waals surface area contributed by atoms with Crippen molar-refractivity contribution in [3.63, 3.8) is 0 Å². The molecule has 2 aromatic heterocycles. The first-order chi connectivity index (χ1) is 7.57. The Morgan fingerprint density at radius 3 is 3.00 bits per heavy atom. The highest BCUT2D eigenvalue weighted by atomic mass is 32.2. The number of hydrogen-bond acceptors (Lipinski definition) is 3. The fourth-order valence-corrected chi connectivity index (χ4v) is 3.62. The van der Waals surface area contributed by atoms with Crippen LogP contribution in [-0.2, 0) is 22.0 Å². The van der Waals surface area contributed by atoms with E-state index in [-0.39, 0.29) is 11.5 Å². The molecule has 3 heterocycles. The molecule has 1 aliphatic heterocycles. The summed E-state index contributed by atoms with van der Waals surface area (Å²) in [4.78, 5) is 4.48. The van der Waals surface area contributed by atoms with Gasteiger partial charge in [-0.05, 0) is 19.1 Å². The summed E-state index contributed by atoms with van der Waals surface area (Å²) in [5, 5.41) is 0. The number of aromatic nitrogens is 2. The molecule has 0 amide bonds. The lowest BCUT2D eigenvalue weighted by Crippen LogP contribution is -2.19. The van der Waals surface area contributed by atoms with E-state index in [1.54, 1.807) is 0 Å². The van der Waals surface area contributed by atoms with Crippen LogP contribution in [0.5, 0.6) is 0 Å². The Kier molecular flexibility index (Phi) is 1.89. The summed E-state index contributed by atoms with van der Waals surface area (Å²) in [5.74, 6) is 0.345. The van der Waals surface area contributed by atoms with E-state index < -0.39 is 9.84 Å². The molecule has 3 rings (SSSR count). The molecule has 0 bridgehead atoms. The average molecular weight is 236 g/mol. The van der Waals surface area contributed by atoms with E-state index in [0.717, 1.165) is 22.7 Å². The van der Waals surface area contributed by atoms with Gasteiger partial charge < -0.3 is 4.40 Å². The molecule has 84 valence electrons. The van der Waals surface area contributed by atoms with Crippen molar-refractivity contribution < 1.29 is 8.42 Å². The molecule has 2 aromatic rings. The number of pyridine rings is 1. The fourth-order valence-electron chi connectivity index (χ4n) is 2.25. The Balaban J connectivity index is 2.36. The maximum Gasteiger partial charge on any atom is 0.156 e. The second-order valence-electron chi connectivity index (χ2n) is 4.21. The van der Waals surface area contributed by atoms with Gasteiger partial charge in [-0.1, -0.05) is 6.07 Å². The summed E-state index contributed by atoms with van der Waals surface area (Å²) >= 11 is 0. The molecular formula is C11H12N2O2S. The van der Waals surface area contributed by atoms with Gasteiger partial charge in [0.05, 0.1) is 22.9 Å². The molecule has 16 heavy (non-hydrogen) atoms. The number of aryl methyl sites for hydroxylation is 2. The zero-order valence-electron chi connectivity index (χ0n) is 8.97. The maximum atomic E-state index is 11.6. The first-order valence-electron chi connectivity index (χ1n) is 5.23. The Hall–Kier alpha value is -1.36. The summed E-state index contributed by atoms with van der Waals surface area (Å²) < 4.78 is 25.2. The van der Waals surface area contributed by atoms with Crippen LogP contribution in [-0.4, -0.2) is 23.6 Å². The van der Waals surface area contributed by atoms with Crippen LogP contribution < -0.4 is 0 Å². The second-order valence-corrected chi connectivity index (χ2v) is 6.39. The summed E-state index contributed by atoms with van der Waals surface area (Å²) in [7, 11) is -2.94. The summed E-state index contributed by atoms with van der Waals surface area (Å²) in [5.41, 5.74) is 3.66. The van der Waals surface area contributed by atoms with Gasteiger partial charge in [0, 0.05) is 12.1 Å². The molecule has 0 unspecified atom stereocenters. The smallest absolute Gasteiger partial charge is 0.156 e. The maximum absolute atomic E-state index is 11.6. The Labute approximate surface area is 93.8 Å². The van der Waals surface area contributed by atoms with Crippen molar-refractivity contribution in [1.82, 2.24) is 9.38 Å². The van der Waals surface area contributed by atoms with Gasteiger partial charge >= 0.3 is 0 Å². The molecule has 1 aliphatic rings. The van der Waals surface area contributed by atoms with Gasteiger partial charge in [0.25, 0.3) is 0 Å². The fraction of sp³-hybridized carbons (Fsp3) is 0.364. The van der Waals surface area contributed by atoms with Gasteiger partial charge in [-0.15, -0.1) is 0 Å². The van der Waals surface area contributed by atoms with Crippen molar-refractivity contribution in [3.8, 4) is 0 Å². The SMILES string of the molecule is Cc1cccc2nc3c(n12)CS(=O)(=O)CC3. The van der Waals surface area contributed by atoms with Crippen molar-refractivity contribution >= 4 is 15.5 Å². The highest BCUT2D eigenvalue weighted by molar-refractivity contribution is 7.90. The molecule has 0 N–H and O–H groups in total. The largest absolute Gasteiger partial charge is 0.300 e. The van der Waals surface area contributed by atoms with Crippen LogP contribution in [0.2, 0.25) is 0 Å². The molecular weight excluding hydrogens is 224 g/mol. The predicted molar refractivity (Wildman–Crippen MR) is 61.1 cm³/mol. The van der Waals surface area contributed by atoms with Gasteiger partial charge in [-0.3, -0.25) is 0 Å². The molecule has 0 saturated carbocycles. The van der Waals surface area contributed by atoms with Crippen molar-refractivity contribution in [1.29, 1.82) is 0 Å². The van der Waals surface area contributed by atoms with Crippen molar-refractivity contribution in [2.75, 3.05) is 5.75 Å². The van der Waals surface area contributed by atoms with Crippen LogP contribution >= 0.6 is 0 Å². The zero-order valence-corrected chi connectivity index (χ0v) is 9.79. The van der Waals surface area contributed by atoms with Gasteiger partial charge in [0.2, 0.25) is 0 Å². The third-order valence-corrected chi connectivity index (χ3v) is 4.56. The highest BCUT2D eigenvalue weighted by Crippen LogP contribution is 2.23. The lowest BCUT2D eigenvalue weighted by atomic mass is 10.2. The van der Waals surface area contributed by atoms with Crippen LogP contribution in [0.1, 0.15) is 17.1 Å². The minimum absolute atomic E-state index is 0.119. The Morgan fingerprint density at radius 1 is 1.38 bits per heavy atom. The molecule has 4 nitrogen and oxygen atoms in total. The third kappa shape index (κ3) is 1.35. The number of imidazole rings is 1. The number of hydrogen-bond donors (Lipinski definition) is 0. The highest BCUT2D eigenvalue weighted by Gasteiger charge is 2.26. The minimum Gasteiger partial charge on any atom is -0.300 e. The molecule has 0 saturated heterocycles. The monoisotopic (exact) mass is 236 g/mol. The van der Waals surface area contributed by atoms with E-state index in [2.05, 4.69) is 4.98 Å². The predicted octanol–water partition coefficient (Wildman–Crippen LogP) is 1.11. The standard InChI is InChI=1S/C11H12N2O2S/c1-8-3-2-4-11-12-9-5-6-16(14,15)7-10(9)13(8)11/h2-4H,5-7H2,1H3. The van der Waals surface area contributed by atoms with E-state index >= 15 is 0 Å². The molecule has 0 radical (unpaired) electrons. The molecule has 0 aliphatic carbocycles. The molecule has 0 aromatic carbocycles. The van der Waals surface area contributed by atoms with Crippen molar-refractivity contribution in [2.24, 2.45) is 0 Å². The molecule has 0 atom stereocenters. The third-order valence-electron chi connectivity index (χ3n) is 3.02. The normalized spacial score (nSPS) is 18.6. The summed E-state index contributed by atoms with van der Waals surface area (Å²) in [6.07, 6.45) is 0.540. The van der Waals surface area contributed by atoms with Crippen molar-refractivity contribution in [2.45, 2.75) is 19.1 Å². The number of sulfone groups is 1. The van der Waals surface area contributed by atoms with Crippen LogP contribution in [0, 0.1) is 6.92 Å². The van der Waals surface area contributed by atoms with E-state index in [9.17, 15) is 8.42 Å². The lowest BCUT2D eigenvalue weighted by Gasteiger charge is -2.12. The first-order valence-corrected chi connectivity index (χ1v) is 7.05. The molecule has 5 heteroatoms. The van der Waals surface area contributed by atoms with Crippen LogP contribution in [0.15, 0.2) is 18.2 Å². The van der Waals surface area contributed by atoms with E-state index in [1.165, 1.54) is 0 Å². The van der Waals surface area contributed by atoms with Gasteiger partial charge in [0.1, 0.15) is 5.65 Å². The minimum atomic E-state index is -2.94. The van der Waals surface area contributed by atoms with Gasteiger partial charge in [0.15, 0.2) is 9.84 Å². The molecule has 0 fully saturated rings. The number of nitrogens with zero attached hydrogens (tertiary/aromatic N) is 2. The summed E-state index contributed by atoms with van der Waals surface area (Å²) in [6, 6.07) is 5.83. The van der Waals surface area contributed by atoms with Crippen LogP contribution in [0.4, 0.5) is 0 Å². The topological polar surface area (TPSA) is 51.4 Å². The van der Waals surface area contributed by atoms with Crippen LogP contribution in [0.3, 0.4) is 0 Å². The Bertz CT molecular complexity index is 671. The Morgan fingerprint density at radius 2 is 2.19 bits per heavy atom. The van der Waals surface area contributed by atoms with Gasteiger partial charge in [-0.25, -0.2) is 13.4 Å². The van der Waals surface area contributed by atoms with E-state index in [1.807, 2.05) is 29.5 Å². The lowest BCUT2D eigenvalue weighted by molar-refractivity contribution is 0.590. The summed E-state index contributed by atoms with van der Waals surface area (Å²) in [6.45, 7) is 1.97. The first kappa shape index (κ1) is 9.84. The number of rotatable bonds is 0. The second kappa shape index (κ2) is 3.07. The van der Waals surface area contributed by atoms with Crippen LogP contribution in [0.25, 0.3) is 5.65 Å². The van der Waals surface area contributed by atoms with E-state index in [0.29, 0.717) is 6.42 Å². The van der Waals surface area contributed by atoms with E-state index in [4.69, 9.17) is 0 Å². The average Bonchev–Trinajstić information content (AvgIpc) is 2.55. The molecule has 0 spiro atoms. The quantitative estimate of drug-likeness (QED) is 0.688. The zero-order chi connectivity index (χ0) is 11.3.